The molecule has 0 radical (unpaired) electrons. The quantitative estimate of drug-likeness (QED) is 0.875. The molecule has 3 nitrogen and oxygen atoms in total. The Morgan fingerprint density at radius 3 is 2.43 bits per heavy atom. The minimum absolute atomic E-state index is 0.440. The highest BCUT2D eigenvalue weighted by Gasteiger charge is 2.30. The van der Waals surface area contributed by atoms with E-state index in [1.165, 1.54) is 0 Å². The predicted molar refractivity (Wildman–Crippen MR) is 86.7 cm³/mol. The number of rotatable bonds is 6. The van der Waals surface area contributed by atoms with E-state index in [9.17, 15) is 5.11 Å². The molecule has 118 valence electrons. The molecule has 1 aliphatic rings. The fraction of sp³-hybridized carbons (Fsp3) is 0.647. The van der Waals surface area contributed by atoms with Gasteiger partial charge in [0.2, 0.25) is 0 Å². The van der Waals surface area contributed by atoms with Crippen LogP contribution in [0.25, 0.3) is 0 Å². The van der Waals surface area contributed by atoms with E-state index in [1.54, 1.807) is 0 Å². The third-order valence-electron chi connectivity index (χ3n) is 4.07. The fourth-order valence-electron chi connectivity index (χ4n) is 2.97. The van der Waals surface area contributed by atoms with Crippen LogP contribution in [-0.2, 0) is 10.3 Å². The molecular formula is C17H26ClNO2. The van der Waals surface area contributed by atoms with Crippen molar-refractivity contribution in [1.82, 2.24) is 4.90 Å². The zero-order chi connectivity index (χ0) is 15.3. The Labute approximate surface area is 132 Å². The molecule has 1 fully saturated rings. The van der Waals surface area contributed by atoms with E-state index >= 15 is 0 Å². The summed E-state index contributed by atoms with van der Waals surface area (Å²) < 4.78 is 5.38. The van der Waals surface area contributed by atoms with Crippen molar-refractivity contribution < 1.29 is 9.84 Å². The fourth-order valence-corrected chi connectivity index (χ4v) is 3.09. The highest BCUT2D eigenvalue weighted by Crippen LogP contribution is 2.33. The molecule has 0 saturated carbocycles. The molecule has 1 atom stereocenters. The van der Waals surface area contributed by atoms with Crippen LogP contribution in [0.5, 0.6) is 0 Å². The third-order valence-corrected chi connectivity index (χ3v) is 4.32. The molecule has 1 aromatic rings. The van der Waals surface area contributed by atoms with E-state index in [2.05, 4.69) is 18.7 Å². The summed E-state index contributed by atoms with van der Waals surface area (Å²) in [5, 5.41) is 11.9. The average molecular weight is 312 g/mol. The van der Waals surface area contributed by atoms with Gasteiger partial charge in [0.05, 0.1) is 18.8 Å². The van der Waals surface area contributed by atoms with Gasteiger partial charge in [-0.1, -0.05) is 37.6 Å². The summed E-state index contributed by atoms with van der Waals surface area (Å²) in [7, 11) is 0. The van der Waals surface area contributed by atoms with Gasteiger partial charge in [-0.05, 0) is 36.5 Å². The van der Waals surface area contributed by atoms with Crippen molar-refractivity contribution in [3.8, 4) is 0 Å². The summed E-state index contributed by atoms with van der Waals surface area (Å²) in [5.74, 6) is 0.440. The van der Waals surface area contributed by atoms with Crippen LogP contribution in [0.15, 0.2) is 24.3 Å². The first kappa shape index (κ1) is 16.8. The largest absolute Gasteiger partial charge is 0.385 e. The SMILES string of the molecule is CC(C)CC(O)(CCN1CCOCC1)c1ccc(Cl)cc1. The lowest BCUT2D eigenvalue weighted by molar-refractivity contribution is -0.0171. The van der Waals surface area contributed by atoms with Gasteiger partial charge in [-0.25, -0.2) is 0 Å². The van der Waals surface area contributed by atoms with E-state index in [0.29, 0.717) is 10.9 Å². The highest BCUT2D eigenvalue weighted by atomic mass is 35.5. The normalized spacial score (nSPS) is 19.7. The van der Waals surface area contributed by atoms with Gasteiger partial charge in [-0.2, -0.15) is 0 Å². The second kappa shape index (κ2) is 7.59. The van der Waals surface area contributed by atoms with Crippen molar-refractivity contribution in [2.75, 3.05) is 32.8 Å². The van der Waals surface area contributed by atoms with Gasteiger partial charge in [-0.3, -0.25) is 4.90 Å². The van der Waals surface area contributed by atoms with Crippen LogP contribution in [0.1, 0.15) is 32.3 Å². The molecule has 1 aliphatic heterocycles. The molecular weight excluding hydrogens is 286 g/mol. The van der Waals surface area contributed by atoms with Gasteiger partial charge >= 0.3 is 0 Å². The third kappa shape index (κ3) is 4.96. The second-order valence-corrected chi connectivity index (χ2v) is 6.78. The lowest BCUT2D eigenvalue weighted by Gasteiger charge is -2.34. The van der Waals surface area contributed by atoms with E-state index in [-0.39, 0.29) is 0 Å². The smallest absolute Gasteiger partial charge is 0.0911 e. The standard InChI is InChI=1S/C17H26ClNO2/c1-14(2)13-17(20,15-3-5-16(18)6-4-15)7-8-19-9-11-21-12-10-19/h3-6,14,20H,7-13H2,1-2H3. The Hall–Kier alpha value is -0.610. The maximum Gasteiger partial charge on any atom is 0.0911 e. The van der Waals surface area contributed by atoms with Gasteiger partial charge in [0.15, 0.2) is 0 Å². The van der Waals surface area contributed by atoms with Crippen molar-refractivity contribution in [1.29, 1.82) is 0 Å². The van der Waals surface area contributed by atoms with Crippen LogP contribution >= 0.6 is 11.6 Å². The number of halogens is 1. The lowest BCUT2D eigenvalue weighted by atomic mass is 9.83. The Morgan fingerprint density at radius 1 is 1.24 bits per heavy atom. The van der Waals surface area contributed by atoms with Gasteiger partial charge in [-0.15, -0.1) is 0 Å². The van der Waals surface area contributed by atoms with Crippen molar-refractivity contribution in [3.63, 3.8) is 0 Å². The number of morpholine rings is 1. The maximum atomic E-state index is 11.2. The number of benzene rings is 1. The van der Waals surface area contributed by atoms with Gasteiger partial charge in [0.1, 0.15) is 0 Å². The highest BCUT2D eigenvalue weighted by molar-refractivity contribution is 6.30. The van der Waals surface area contributed by atoms with Crippen molar-refractivity contribution in [2.24, 2.45) is 5.92 Å². The molecule has 0 aliphatic carbocycles. The van der Waals surface area contributed by atoms with Crippen LogP contribution in [0, 0.1) is 5.92 Å². The van der Waals surface area contributed by atoms with E-state index < -0.39 is 5.60 Å². The number of hydrogen-bond acceptors (Lipinski definition) is 3. The van der Waals surface area contributed by atoms with Crippen molar-refractivity contribution in [2.45, 2.75) is 32.3 Å². The molecule has 2 rings (SSSR count). The Morgan fingerprint density at radius 2 is 1.86 bits per heavy atom. The summed E-state index contributed by atoms with van der Waals surface area (Å²) in [6, 6.07) is 7.61. The van der Waals surface area contributed by atoms with Gasteiger partial charge in [0, 0.05) is 24.7 Å². The molecule has 21 heavy (non-hydrogen) atoms. The van der Waals surface area contributed by atoms with Crippen molar-refractivity contribution in [3.05, 3.63) is 34.9 Å². The number of hydrogen-bond donors (Lipinski definition) is 1. The number of ether oxygens (including phenoxy) is 1. The molecule has 1 saturated heterocycles. The summed E-state index contributed by atoms with van der Waals surface area (Å²) in [5.41, 5.74) is 0.186. The predicted octanol–water partition coefficient (Wildman–Crippen LogP) is 3.30. The minimum Gasteiger partial charge on any atom is -0.385 e. The Balaban J connectivity index is 2.06. The molecule has 0 amide bonds. The van der Waals surface area contributed by atoms with Crippen LogP contribution in [-0.4, -0.2) is 42.9 Å². The van der Waals surface area contributed by atoms with E-state index in [4.69, 9.17) is 16.3 Å². The first-order valence-electron chi connectivity index (χ1n) is 7.78. The Bertz CT molecular complexity index is 429. The molecule has 1 N–H and O–H groups in total. The number of nitrogens with zero attached hydrogens (tertiary/aromatic N) is 1. The molecule has 4 heteroatoms. The summed E-state index contributed by atoms with van der Waals surface area (Å²) in [6.07, 6.45) is 1.51. The van der Waals surface area contributed by atoms with Crippen LogP contribution in [0.3, 0.4) is 0 Å². The van der Waals surface area contributed by atoms with Gasteiger partial charge in [0.25, 0.3) is 0 Å². The molecule has 0 aromatic heterocycles. The second-order valence-electron chi connectivity index (χ2n) is 6.34. The van der Waals surface area contributed by atoms with Crippen molar-refractivity contribution >= 4 is 11.6 Å². The number of aliphatic hydroxyl groups is 1. The lowest BCUT2D eigenvalue weighted by Crippen LogP contribution is -2.40. The van der Waals surface area contributed by atoms with E-state index in [0.717, 1.165) is 51.3 Å². The maximum absolute atomic E-state index is 11.2. The molecule has 1 aromatic carbocycles. The monoisotopic (exact) mass is 311 g/mol. The van der Waals surface area contributed by atoms with Crippen LogP contribution < -0.4 is 0 Å². The first-order valence-corrected chi connectivity index (χ1v) is 8.16. The zero-order valence-corrected chi connectivity index (χ0v) is 13.8. The first-order chi connectivity index (χ1) is 9.99. The van der Waals surface area contributed by atoms with Crippen LogP contribution in [0.4, 0.5) is 0 Å². The zero-order valence-electron chi connectivity index (χ0n) is 13.0. The molecule has 1 heterocycles. The summed E-state index contributed by atoms with van der Waals surface area (Å²) in [4.78, 5) is 2.37. The summed E-state index contributed by atoms with van der Waals surface area (Å²) >= 11 is 5.96. The van der Waals surface area contributed by atoms with Crippen LogP contribution in [0.2, 0.25) is 5.02 Å². The molecule has 1 unspecified atom stereocenters. The minimum atomic E-state index is -0.781. The average Bonchev–Trinajstić information content (AvgIpc) is 2.46. The Kier molecular flexibility index (Phi) is 6.06. The van der Waals surface area contributed by atoms with Gasteiger partial charge < -0.3 is 9.84 Å². The summed E-state index contributed by atoms with van der Waals surface area (Å²) in [6.45, 7) is 8.70. The molecule has 0 spiro atoms. The van der Waals surface area contributed by atoms with E-state index in [1.807, 2.05) is 24.3 Å². The topological polar surface area (TPSA) is 32.7 Å². The molecule has 0 bridgehead atoms.